The Morgan fingerprint density at radius 3 is 2.57 bits per heavy atom. The SMILES string of the molecule is NC(=O)c1nccnc1N1CCCC1. The van der Waals surface area contributed by atoms with Gasteiger partial charge in [0, 0.05) is 25.5 Å². The Bertz CT molecular complexity index is 346. The van der Waals surface area contributed by atoms with E-state index in [0.717, 1.165) is 25.9 Å². The van der Waals surface area contributed by atoms with E-state index in [0.29, 0.717) is 5.82 Å². The normalized spacial score (nSPS) is 15.9. The number of primary amides is 1. The molecule has 2 N–H and O–H groups in total. The monoisotopic (exact) mass is 192 g/mol. The van der Waals surface area contributed by atoms with Crippen LogP contribution in [0.3, 0.4) is 0 Å². The Labute approximate surface area is 82.0 Å². The Morgan fingerprint density at radius 1 is 1.29 bits per heavy atom. The Balaban J connectivity index is 2.35. The number of aromatic nitrogens is 2. The van der Waals surface area contributed by atoms with E-state index in [-0.39, 0.29) is 5.69 Å². The number of hydrogen-bond acceptors (Lipinski definition) is 4. The molecular weight excluding hydrogens is 180 g/mol. The zero-order chi connectivity index (χ0) is 9.97. The first-order chi connectivity index (χ1) is 6.79. The third-order valence-corrected chi connectivity index (χ3v) is 2.32. The minimum Gasteiger partial charge on any atom is -0.364 e. The lowest BCUT2D eigenvalue weighted by atomic mass is 10.3. The molecule has 14 heavy (non-hydrogen) atoms. The average Bonchev–Trinajstić information content (AvgIpc) is 2.70. The molecule has 0 unspecified atom stereocenters. The predicted molar refractivity (Wildman–Crippen MR) is 52.0 cm³/mol. The number of hydrogen-bond donors (Lipinski definition) is 1. The lowest BCUT2D eigenvalue weighted by molar-refractivity contribution is 0.0996. The number of carbonyl (C=O) groups is 1. The number of anilines is 1. The van der Waals surface area contributed by atoms with Gasteiger partial charge in [-0.1, -0.05) is 0 Å². The summed E-state index contributed by atoms with van der Waals surface area (Å²) in [6.45, 7) is 1.86. The molecule has 74 valence electrons. The van der Waals surface area contributed by atoms with Crippen LogP contribution in [0.4, 0.5) is 5.82 Å². The molecule has 1 aromatic rings. The van der Waals surface area contributed by atoms with Crippen molar-refractivity contribution in [1.82, 2.24) is 9.97 Å². The zero-order valence-electron chi connectivity index (χ0n) is 7.81. The van der Waals surface area contributed by atoms with Crippen molar-refractivity contribution in [2.45, 2.75) is 12.8 Å². The lowest BCUT2D eigenvalue weighted by Gasteiger charge is -2.17. The van der Waals surface area contributed by atoms with Gasteiger partial charge in [0.25, 0.3) is 5.91 Å². The second-order valence-electron chi connectivity index (χ2n) is 3.29. The number of carbonyl (C=O) groups excluding carboxylic acids is 1. The highest BCUT2D eigenvalue weighted by Crippen LogP contribution is 2.19. The summed E-state index contributed by atoms with van der Waals surface area (Å²) in [6.07, 6.45) is 5.34. The molecule has 0 atom stereocenters. The first-order valence-corrected chi connectivity index (χ1v) is 4.65. The fourth-order valence-corrected chi connectivity index (χ4v) is 1.66. The highest BCUT2D eigenvalue weighted by Gasteiger charge is 2.19. The van der Waals surface area contributed by atoms with Gasteiger partial charge in [-0.05, 0) is 12.8 Å². The smallest absolute Gasteiger partial charge is 0.271 e. The topological polar surface area (TPSA) is 72.1 Å². The molecule has 2 heterocycles. The molecule has 1 aliphatic rings. The predicted octanol–water partition coefficient (Wildman–Crippen LogP) is 0.176. The van der Waals surface area contributed by atoms with E-state index in [1.165, 1.54) is 6.20 Å². The van der Waals surface area contributed by atoms with Crippen LogP contribution < -0.4 is 10.6 Å². The summed E-state index contributed by atoms with van der Waals surface area (Å²) in [7, 11) is 0. The van der Waals surface area contributed by atoms with Crippen LogP contribution in [0, 0.1) is 0 Å². The standard InChI is InChI=1S/C9H12N4O/c10-8(14)7-9(12-4-3-11-7)13-5-1-2-6-13/h3-4H,1-2,5-6H2,(H2,10,14). The van der Waals surface area contributed by atoms with Crippen LogP contribution in [0.1, 0.15) is 23.3 Å². The Morgan fingerprint density at radius 2 is 1.93 bits per heavy atom. The lowest BCUT2D eigenvalue weighted by Crippen LogP contribution is -2.25. The van der Waals surface area contributed by atoms with Crippen LogP contribution in [-0.4, -0.2) is 29.0 Å². The Kier molecular flexibility index (Phi) is 2.30. The Hall–Kier alpha value is -1.65. The van der Waals surface area contributed by atoms with Gasteiger partial charge in [0.2, 0.25) is 0 Å². The van der Waals surface area contributed by atoms with Gasteiger partial charge in [0.05, 0.1) is 0 Å². The number of rotatable bonds is 2. The molecule has 1 amide bonds. The second kappa shape index (κ2) is 3.61. The minimum atomic E-state index is -0.514. The molecule has 0 radical (unpaired) electrons. The first-order valence-electron chi connectivity index (χ1n) is 4.65. The molecule has 1 aromatic heterocycles. The van der Waals surface area contributed by atoms with Gasteiger partial charge in [-0.15, -0.1) is 0 Å². The maximum atomic E-state index is 11.1. The third kappa shape index (κ3) is 1.53. The zero-order valence-corrected chi connectivity index (χ0v) is 7.81. The second-order valence-corrected chi connectivity index (χ2v) is 3.29. The van der Waals surface area contributed by atoms with Crippen molar-refractivity contribution in [3.05, 3.63) is 18.1 Å². The van der Waals surface area contributed by atoms with Crippen LogP contribution in [0.25, 0.3) is 0 Å². The van der Waals surface area contributed by atoms with Crippen molar-refractivity contribution in [2.24, 2.45) is 5.73 Å². The van der Waals surface area contributed by atoms with Crippen LogP contribution in [0.2, 0.25) is 0 Å². The molecule has 5 nitrogen and oxygen atoms in total. The van der Waals surface area contributed by atoms with Crippen LogP contribution >= 0.6 is 0 Å². The molecule has 1 fully saturated rings. The van der Waals surface area contributed by atoms with Gasteiger partial charge in [0.1, 0.15) is 0 Å². The quantitative estimate of drug-likeness (QED) is 0.725. The summed E-state index contributed by atoms with van der Waals surface area (Å²) in [5.41, 5.74) is 5.49. The molecule has 0 aliphatic carbocycles. The molecule has 2 rings (SSSR count). The summed E-state index contributed by atoms with van der Waals surface area (Å²) in [5, 5.41) is 0. The van der Waals surface area contributed by atoms with Crippen LogP contribution in [0.5, 0.6) is 0 Å². The molecule has 0 bridgehead atoms. The number of nitrogens with two attached hydrogens (primary N) is 1. The maximum absolute atomic E-state index is 11.1. The van der Waals surface area contributed by atoms with Gasteiger partial charge in [-0.25, -0.2) is 9.97 Å². The van der Waals surface area contributed by atoms with Gasteiger partial charge >= 0.3 is 0 Å². The fourth-order valence-electron chi connectivity index (χ4n) is 1.66. The summed E-state index contributed by atoms with van der Waals surface area (Å²) < 4.78 is 0. The highest BCUT2D eigenvalue weighted by atomic mass is 16.1. The van der Waals surface area contributed by atoms with E-state index in [4.69, 9.17) is 5.73 Å². The number of nitrogens with zero attached hydrogens (tertiary/aromatic N) is 3. The van der Waals surface area contributed by atoms with E-state index in [1.807, 2.05) is 4.90 Å². The van der Waals surface area contributed by atoms with Gasteiger partial charge < -0.3 is 10.6 Å². The largest absolute Gasteiger partial charge is 0.364 e. The summed E-state index contributed by atoms with van der Waals surface area (Å²) >= 11 is 0. The fraction of sp³-hybridized carbons (Fsp3) is 0.444. The average molecular weight is 192 g/mol. The van der Waals surface area contributed by atoms with Crippen molar-refractivity contribution in [2.75, 3.05) is 18.0 Å². The third-order valence-electron chi connectivity index (χ3n) is 2.32. The summed E-state index contributed by atoms with van der Waals surface area (Å²) in [6, 6.07) is 0. The molecule has 1 saturated heterocycles. The molecule has 5 heteroatoms. The highest BCUT2D eigenvalue weighted by molar-refractivity contribution is 5.95. The van der Waals surface area contributed by atoms with Gasteiger partial charge in [0.15, 0.2) is 11.5 Å². The maximum Gasteiger partial charge on any atom is 0.271 e. The minimum absolute atomic E-state index is 0.273. The molecule has 0 spiro atoms. The summed E-state index contributed by atoms with van der Waals surface area (Å²) in [4.78, 5) is 21.2. The van der Waals surface area contributed by atoms with Crippen molar-refractivity contribution in [3.8, 4) is 0 Å². The van der Waals surface area contributed by atoms with Gasteiger partial charge in [-0.3, -0.25) is 4.79 Å². The summed E-state index contributed by atoms with van der Waals surface area (Å²) in [5.74, 6) is 0.109. The molecule has 1 aliphatic heterocycles. The van der Waals surface area contributed by atoms with Crippen molar-refractivity contribution < 1.29 is 4.79 Å². The van der Waals surface area contributed by atoms with E-state index >= 15 is 0 Å². The first kappa shape index (κ1) is 8.93. The molecule has 0 saturated carbocycles. The number of amides is 1. The van der Waals surface area contributed by atoms with E-state index in [2.05, 4.69) is 9.97 Å². The van der Waals surface area contributed by atoms with Gasteiger partial charge in [-0.2, -0.15) is 0 Å². The van der Waals surface area contributed by atoms with Crippen LogP contribution in [-0.2, 0) is 0 Å². The van der Waals surface area contributed by atoms with Crippen molar-refractivity contribution >= 4 is 11.7 Å². The molecule has 0 aromatic carbocycles. The van der Waals surface area contributed by atoms with E-state index < -0.39 is 5.91 Å². The van der Waals surface area contributed by atoms with Crippen LogP contribution in [0.15, 0.2) is 12.4 Å². The molecular formula is C9H12N4O. The van der Waals surface area contributed by atoms with Crippen molar-refractivity contribution in [3.63, 3.8) is 0 Å². The van der Waals surface area contributed by atoms with E-state index in [9.17, 15) is 4.79 Å². The van der Waals surface area contributed by atoms with Crippen molar-refractivity contribution in [1.29, 1.82) is 0 Å². The van der Waals surface area contributed by atoms with E-state index in [1.54, 1.807) is 6.20 Å².